The molecule has 3 aromatic heterocycles. The maximum Gasteiger partial charge on any atom is 0.243 e. The van der Waals surface area contributed by atoms with Gasteiger partial charge in [0.15, 0.2) is 5.65 Å². The van der Waals surface area contributed by atoms with Crippen molar-refractivity contribution in [2.45, 2.75) is 36.8 Å². The van der Waals surface area contributed by atoms with Crippen molar-refractivity contribution in [1.29, 1.82) is 0 Å². The van der Waals surface area contributed by atoms with Crippen LogP contribution >= 0.6 is 15.9 Å². The number of piperidine rings is 1. The van der Waals surface area contributed by atoms with Crippen LogP contribution in [-0.2, 0) is 23.2 Å². The van der Waals surface area contributed by atoms with Gasteiger partial charge in [-0.15, -0.1) is 0 Å². The van der Waals surface area contributed by atoms with E-state index >= 15 is 0 Å². The fourth-order valence-corrected chi connectivity index (χ4v) is 6.52. The van der Waals surface area contributed by atoms with Crippen LogP contribution in [0.3, 0.4) is 0 Å². The Balaban J connectivity index is 1.48. The molecule has 7 rings (SSSR count). The van der Waals surface area contributed by atoms with Crippen molar-refractivity contribution in [3.63, 3.8) is 0 Å². The Kier molecular flexibility index (Phi) is 5.70. The van der Waals surface area contributed by atoms with Crippen molar-refractivity contribution in [3.05, 3.63) is 76.3 Å². The van der Waals surface area contributed by atoms with Crippen molar-refractivity contribution in [2.24, 2.45) is 0 Å². The third kappa shape index (κ3) is 4.17. The van der Waals surface area contributed by atoms with Gasteiger partial charge in [0.05, 0.1) is 21.3 Å². The zero-order valence-corrected chi connectivity index (χ0v) is 21.2. The highest BCUT2D eigenvalue weighted by atomic mass is 79.9. The first-order chi connectivity index (χ1) is 17.0. The molecule has 4 aromatic rings. The molecule has 2 unspecified atom stereocenters. The molecule has 9 nitrogen and oxygen atoms in total. The van der Waals surface area contributed by atoms with Crippen molar-refractivity contribution in [1.82, 2.24) is 23.9 Å². The molecular weight excluding hydrogens is 532 g/mol. The van der Waals surface area contributed by atoms with Gasteiger partial charge in [-0.3, -0.25) is 4.98 Å². The molecule has 3 aliphatic heterocycles. The van der Waals surface area contributed by atoms with Crippen molar-refractivity contribution >= 4 is 37.4 Å². The van der Waals surface area contributed by atoms with Crippen LogP contribution in [0.2, 0.25) is 0 Å². The summed E-state index contributed by atoms with van der Waals surface area (Å²) in [4.78, 5) is 9.43. The minimum Gasteiger partial charge on any atom is -0.489 e. The Morgan fingerprint density at radius 3 is 2.83 bits per heavy atom. The van der Waals surface area contributed by atoms with Crippen LogP contribution in [-0.4, -0.2) is 45.4 Å². The molecule has 11 heteroatoms. The standard InChI is InChI=1S/C24H23BrN6O3S/c25-21-13-28-31-23-10-22(29-24(21)31)16-2-1-9-30(14-16)35(32,33)20-5-3-19(4-6-20)34-15-17-7-8-26-11-18(17)12-27-23/h3-8,10-11,13,16,27H,1-2,9,12,14-15H2. The second-order valence-electron chi connectivity index (χ2n) is 8.75. The van der Waals surface area contributed by atoms with Crippen molar-refractivity contribution in [3.8, 4) is 5.75 Å². The van der Waals surface area contributed by atoms with Gasteiger partial charge in [-0.05, 0) is 70.2 Å². The van der Waals surface area contributed by atoms with E-state index in [4.69, 9.17) is 9.72 Å². The molecule has 2 atom stereocenters. The zero-order valence-electron chi connectivity index (χ0n) is 18.8. The summed E-state index contributed by atoms with van der Waals surface area (Å²) >= 11 is 3.55. The summed E-state index contributed by atoms with van der Waals surface area (Å²) in [7, 11) is -3.63. The van der Waals surface area contributed by atoms with Crippen molar-refractivity contribution < 1.29 is 13.2 Å². The molecule has 1 saturated heterocycles. The smallest absolute Gasteiger partial charge is 0.243 e. The summed E-state index contributed by atoms with van der Waals surface area (Å²) in [6.45, 7) is 1.72. The van der Waals surface area contributed by atoms with E-state index in [1.165, 1.54) is 0 Å². The quantitative estimate of drug-likeness (QED) is 0.351. The number of anilines is 1. The summed E-state index contributed by atoms with van der Waals surface area (Å²) in [5.74, 6) is 1.36. The molecule has 1 N–H and O–H groups in total. The summed E-state index contributed by atoms with van der Waals surface area (Å²) in [6, 6.07) is 10.6. The molecule has 0 saturated carbocycles. The minimum absolute atomic E-state index is 0.0295. The second-order valence-corrected chi connectivity index (χ2v) is 11.5. The summed E-state index contributed by atoms with van der Waals surface area (Å²) in [6.07, 6.45) is 6.91. The topological polar surface area (TPSA) is 102 Å². The van der Waals surface area contributed by atoms with Gasteiger partial charge in [0.1, 0.15) is 18.2 Å². The van der Waals surface area contributed by atoms with E-state index in [-0.39, 0.29) is 10.8 Å². The predicted molar refractivity (Wildman–Crippen MR) is 134 cm³/mol. The van der Waals surface area contributed by atoms with Gasteiger partial charge in [-0.25, -0.2) is 13.4 Å². The van der Waals surface area contributed by atoms with Crippen LogP contribution in [0.4, 0.5) is 5.82 Å². The molecule has 6 heterocycles. The highest BCUT2D eigenvalue weighted by Gasteiger charge is 2.32. The first-order valence-corrected chi connectivity index (χ1v) is 13.7. The Labute approximate surface area is 211 Å². The summed E-state index contributed by atoms with van der Waals surface area (Å²) in [5.41, 5.74) is 3.52. The number of fused-ring (bicyclic) bond motifs is 5. The van der Waals surface area contributed by atoms with Crippen LogP contribution in [0.15, 0.2) is 64.4 Å². The van der Waals surface area contributed by atoms with Crippen LogP contribution in [0.5, 0.6) is 5.75 Å². The van der Waals surface area contributed by atoms with E-state index in [0.717, 1.165) is 40.0 Å². The normalized spacial score (nSPS) is 21.5. The van der Waals surface area contributed by atoms with Crippen LogP contribution in [0.25, 0.3) is 5.65 Å². The highest BCUT2D eigenvalue weighted by molar-refractivity contribution is 9.10. The molecular formula is C24H23BrN6O3S. The van der Waals surface area contributed by atoms with Crippen LogP contribution < -0.4 is 10.1 Å². The third-order valence-corrected chi connectivity index (χ3v) is 9.01. The van der Waals surface area contributed by atoms with Gasteiger partial charge < -0.3 is 10.1 Å². The number of sulfonamides is 1. The number of pyridine rings is 1. The first kappa shape index (κ1) is 22.4. The molecule has 35 heavy (non-hydrogen) atoms. The number of aromatic nitrogens is 4. The lowest BCUT2D eigenvalue weighted by Crippen LogP contribution is -2.39. The van der Waals surface area contributed by atoms with Gasteiger partial charge in [-0.2, -0.15) is 13.9 Å². The Morgan fingerprint density at radius 1 is 1.11 bits per heavy atom. The lowest BCUT2D eigenvalue weighted by atomic mass is 9.96. The molecule has 1 fully saturated rings. The van der Waals surface area contributed by atoms with Gasteiger partial charge in [0, 0.05) is 44.0 Å². The van der Waals surface area contributed by atoms with Gasteiger partial charge in [-0.1, -0.05) is 0 Å². The molecule has 6 bridgehead atoms. The van der Waals surface area contributed by atoms with Crippen molar-refractivity contribution in [2.75, 3.05) is 18.4 Å². The monoisotopic (exact) mass is 554 g/mol. The molecule has 180 valence electrons. The average molecular weight is 555 g/mol. The molecule has 0 radical (unpaired) electrons. The number of hydrogen-bond acceptors (Lipinski definition) is 7. The van der Waals surface area contributed by atoms with Crippen LogP contribution in [0, 0.1) is 0 Å². The third-order valence-electron chi connectivity index (χ3n) is 6.57. The second kappa shape index (κ2) is 8.89. The number of nitrogens with one attached hydrogen (secondary N) is 1. The van der Waals surface area contributed by atoms with E-state index in [1.54, 1.807) is 45.5 Å². The number of nitrogens with zero attached hydrogens (tertiary/aromatic N) is 5. The molecule has 1 aromatic carbocycles. The SMILES string of the molecule is O=S1(=O)c2ccc(cc2)OCc2ccncc2CNc2cc(nc3c(Br)cnn23)C2CCCN1C2. The van der Waals surface area contributed by atoms with E-state index in [9.17, 15) is 8.42 Å². The van der Waals surface area contributed by atoms with E-state index in [0.29, 0.717) is 37.6 Å². The fraction of sp³-hybridized carbons (Fsp3) is 0.292. The van der Waals surface area contributed by atoms with E-state index < -0.39 is 10.0 Å². The number of rotatable bonds is 0. The molecule has 3 aliphatic rings. The Morgan fingerprint density at radius 2 is 1.97 bits per heavy atom. The predicted octanol–water partition coefficient (Wildman–Crippen LogP) is 3.96. The first-order valence-electron chi connectivity index (χ1n) is 11.4. The summed E-state index contributed by atoms with van der Waals surface area (Å²) in [5, 5.41) is 7.96. The molecule has 0 aliphatic carbocycles. The summed E-state index contributed by atoms with van der Waals surface area (Å²) < 4.78 is 37.0. The zero-order chi connectivity index (χ0) is 24.0. The number of benzene rings is 1. The van der Waals surface area contributed by atoms with Gasteiger partial charge >= 0.3 is 0 Å². The number of ether oxygens (including phenoxy) is 1. The van der Waals surface area contributed by atoms with Gasteiger partial charge in [0.2, 0.25) is 10.0 Å². The van der Waals surface area contributed by atoms with E-state index in [2.05, 4.69) is 31.3 Å². The molecule has 0 spiro atoms. The number of halogens is 1. The maximum absolute atomic E-state index is 13.4. The van der Waals surface area contributed by atoms with Gasteiger partial charge in [0.25, 0.3) is 0 Å². The average Bonchev–Trinajstić information content (AvgIpc) is 3.27. The minimum atomic E-state index is -3.63. The Hall–Kier alpha value is -3.02. The fourth-order valence-electron chi connectivity index (χ4n) is 4.65. The molecule has 0 amide bonds. The van der Waals surface area contributed by atoms with Crippen LogP contribution in [0.1, 0.15) is 35.6 Å². The lowest BCUT2D eigenvalue weighted by Gasteiger charge is -2.32. The van der Waals surface area contributed by atoms with E-state index in [1.807, 2.05) is 18.3 Å². The highest BCUT2D eigenvalue weighted by Crippen LogP contribution is 2.33. The Bertz CT molecular complexity index is 1510. The largest absolute Gasteiger partial charge is 0.489 e. The lowest BCUT2D eigenvalue weighted by molar-refractivity contribution is 0.304. The maximum atomic E-state index is 13.4. The number of hydrogen-bond donors (Lipinski definition) is 1.